The number of rotatable bonds is 0. The normalized spacial score (nSPS) is 9.88. The van der Waals surface area contributed by atoms with E-state index >= 15 is 0 Å². The predicted molar refractivity (Wildman–Crippen MR) is 38.8 cm³/mol. The summed E-state index contributed by atoms with van der Waals surface area (Å²) in [6.07, 6.45) is 0. The summed E-state index contributed by atoms with van der Waals surface area (Å²) in [6, 6.07) is 0. The summed E-state index contributed by atoms with van der Waals surface area (Å²) in [7, 11) is 0. The topological polar surface area (TPSA) is 12.9 Å². The van der Waals surface area contributed by atoms with Crippen molar-refractivity contribution in [1.82, 2.24) is 4.98 Å². The molecule has 0 saturated heterocycles. The van der Waals surface area contributed by atoms with Gasteiger partial charge in [-0.15, -0.1) is 24.0 Å². The molecule has 0 saturated carbocycles. The van der Waals surface area contributed by atoms with Crippen LogP contribution in [0.1, 0.15) is 9.88 Å². The predicted octanol–water partition coefficient (Wildman–Crippen LogP) is 2.05. The summed E-state index contributed by atoms with van der Waals surface area (Å²) < 4.78 is 0. The second-order valence-electron chi connectivity index (χ2n) is 1.61. The quantitative estimate of drug-likeness (QED) is 0.551. The molecule has 1 rings (SSSR count). The molecule has 0 unspecified atom stereocenters. The molecule has 1 aromatic heterocycles. The molecule has 44 valence electrons. The first kappa shape index (κ1) is 6.11. The number of thiazole rings is 1. The molecule has 8 heavy (non-hydrogen) atoms. The van der Waals surface area contributed by atoms with Crippen LogP contribution in [-0.2, 0) is 0 Å². The minimum atomic E-state index is 0.868. The maximum atomic E-state index is 4.12. The van der Waals surface area contributed by atoms with Crippen molar-refractivity contribution in [3.63, 3.8) is 0 Å². The van der Waals surface area contributed by atoms with Crippen molar-refractivity contribution in [3.05, 3.63) is 9.88 Å². The third-order valence-electron chi connectivity index (χ3n) is 0.879. The van der Waals surface area contributed by atoms with E-state index in [9.17, 15) is 0 Å². The molecule has 0 aliphatic rings. The van der Waals surface area contributed by atoms with Gasteiger partial charge in [-0.25, -0.2) is 4.98 Å². The van der Waals surface area contributed by atoms with Gasteiger partial charge in [-0.05, 0) is 13.8 Å². The molecular formula is C5H7NS2. The second-order valence-corrected chi connectivity index (χ2v) is 3.44. The van der Waals surface area contributed by atoms with E-state index in [-0.39, 0.29) is 0 Å². The Morgan fingerprint density at radius 2 is 2.12 bits per heavy atom. The van der Waals surface area contributed by atoms with Crippen LogP contribution in [0.3, 0.4) is 0 Å². The Kier molecular flexibility index (Phi) is 1.58. The van der Waals surface area contributed by atoms with Gasteiger partial charge in [0.05, 0.1) is 5.01 Å². The van der Waals surface area contributed by atoms with Crippen LogP contribution in [-0.4, -0.2) is 4.98 Å². The van der Waals surface area contributed by atoms with E-state index in [1.54, 1.807) is 11.3 Å². The monoisotopic (exact) mass is 145 g/mol. The molecule has 0 aliphatic carbocycles. The number of thiol groups is 1. The average Bonchev–Trinajstić information content (AvgIpc) is 1.85. The van der Waals surface area contributed by atoms with Crippen LogP contribution in [0.5, 0.6) is 0 Å². The second kappa shape index (κ2) is 2.07. The molecule has 0 radical (unpaired) electrons. The van der Waals surface area contributed by atoms with Gasteiger partial charge < -0.3 is 0 Å². The summed E-state index contributed by atoms with van der Waals surface area (Å²) in [4.78, 5) is 5.29. The average molecular weight is 145 g/mol. The standard InChI is InChI=1S/C5H7NS2/c1-3-5(7)6-4(2)8-3/h7H,1-2H3. The lowest BCUT2D eigenvalue weighted by Crippen LogP contribution is -1.65. The van der Waals surface area contributed by atoms with Crippen LogP contribution in [0.2, 0.25) is 0 Å². The highest BCUT2D eigenvalue weighted by Crippen LogP contribution is 2.18. The Morgan fingerprint density at radius 1 is 1.50 bits per heavy atom. The fraction of sp³-hybridized carbons (Fsp3) is 0.400. The van der Waals surface area contributed by atoms with Gasteiger partial charge in [0.1, 0.15) is 5.03 Å². The van der Waals surface area contributed by atoms with Crippen LogP contribution in [0, 0.1) is 13.8 Å². The van der Waals surface area contributed by atoms with Crippen molar-refractivity contribution < 1.29 is 0 Å². The SMILES string of the molecule is Cc1nc(S)c(C)s1. The van der Waals surface area contributed by atoms with E-state index in [1.807, 2.05) is 13.8 Å². The van der Waals surface area contributed by atoms with Crippen LogP contribution in [0.4, 0.5) is 0 Å². The van der Waals surface area contributed by atoms with Gasteiger partial charge in [-0.1, -0.05) is 0 Å². The van der Waals surface area contributed by atoms with E-state index in [1.165, 1.54) is 4.88 Å². The highest BCUT2D eigenvalue weighted by Gasteiger charge is 1.96. The molecule has 1 nitrogen and oxygen atoms in total. The molecule has 0 aromatic carbocycles. The van der Waals surface area contributed by atoms with Gasteiger partial charge in [-0.3, -0.25) is 0 Å². The first-order valence-corrected chi connectivity index (χ1v) is 3.59. The van der Waals surface area contributed by atoms with E-state index in [4.69, 9.17) is 0 Å². The van der Waals surface area contributed by atoms with Gasteiger partial charge in [0.2, 0.25) is 0 Å². The molecule has 0 fully saturated rings. The van der Waals surface area contributed by atoms with Gasteiger partial charge in [0, 0.05) is 4.88 Å². The van der Waals surface area contributed by atoms with Gasteiger partial charge >= 0.3 is 0 Å². The molecule has 0 N–H and O–H groups in total. The lowest BCUT2D eigenvalue weighted by Gasteiger charge is -1.76. The van der Waals surface area contributed by atoms with Gasteiger partial charge in [-0.2, -0.15) is 0 Å². The fourth-order valence-corrected chi connectivity index (χ4v) is 1.59. The molecule has 0 atom stereocenters. The lowest BCUT2D eigenvalue weighted by atomic mass is 10.6. The third kappa shape index (κ3) is 1.03. The summed E-state index contributed by atoms with van der Waals surface area (Å²) >= 11 is 5.80. The van der Waals surface area contributed by atoms with Crippen LogP contribution < -0.4 is 0 Å². The van der Waals surface area contributed by atoms with Crippen LogP contribution >= 0.6 is 24.0 Å². The Labute approximate surface area is 58.2 Å². The fourth-order valence-electron chi connectivity index (χ4n) is 0.518. The maximum absolute atomic E-state index is 4.12. The highest BCUT2D eigenvalue weighted by atomic mass is 32.1. The molecule has 1 aromatic rings. The van der Waals surface area contributed by atoms with Crippen LogP contribution in [0.25, 0.3) is 0 Å². The molecular weight excluding hydrogens is 138 g/mol. The zero-order chi connectivity index (χ0) is 6.15. The van der Waals surface area contributed by atoms with Crippen molar-refractivity contribution in [1.29, 1.82) is 0 Å². The Balaban J connectivity index is 3.14. The van der Waals surface area contributed by atoms with Crippen molar-refractivity contribution in [2.24, 2.45) is 0 Å². The van der Waals surface area contributed by atoms with Crippen molar-refractivity contribution in [2.75, 3.05) is 0 Å². The number of hydrogen-bond donors (Lipinski definition) is 1. The first-order chi connectivity index (χ1) is 3.70. The maximum Gasteiger partial charge on any atom is 0.107 e. The highest BCUT2D eigenvalue weighted by molar-refractivity contribution is 7.80. The summed E-state index contributed by atoms with van der Waals surface area (Å²) in [5.74, 6) is 0. The Hall–Kier alpha value is -0.0200. The molecule has 3 heteroatoms. The molecule has 0 bridgehead atoms. The van der Waals surface area contributed by atoms with Crippen molar-refractivity contribution in [2.45, 2.75) is 18.9 Å². The lowest BCUT2D eigenvalue weighted by molar-refractivity contribution is 1.12. The molecule has 1 heterocycles. The summed E-state index contributed by atoms with van der Waals surface area (Å²) in [5.41, 5.74) is 0. The van der Waals surface area contributed by atoms with Gasteiger partial charge in [0.25, 0.3) is 0 Å². The minimum absolute atomic E-state index is 0.868. The van der Waals surface area contributed by atoms with Crippen molar-refractivity contribution >= 4 is 24.0 Å². The molecule has 0 amide bonds. The summed E-state index contributed by atoms with van der Waals surface area (Å²) in [5, 5.41) is 1.96. The van der Waals surface area contributed by atoms with E-state index < -0.39 is 0 Å². The number of nitrogens with zero attached hydrogens (tertiary/aromatic N) is 1. The molecule has 0 spiro atoms. The minimum Gasteiger partial charge on any atom is -0.235 e. The molecule has 0 aliphatic heterocycles. The zero-order valence-corrected chi connectivity index (χ0v) is 6.51. The van der Waals surface area contributed by atoms with E-state index in [0.29, 0.717) is 0 Å². The van der Waals surface area contributed by atoms with Gasteiger partial charge in [0.15, 0.2) is 0 Å². The van der Waals surface area contributed by atoms with Crippen molar-refractivity contribution in [3.8, 4) is 0 Å². The van der Waals surface area contributed by atoms with E-state index in [2.05, 4.69) is 17.6 Å². The zero-order valence-electron chi connectivity index (χ0n) is 4.80. The summed E-state index contributed by atoms with van der Waals surface area (Å²) in [6.45, 7) is 4.00. The number of aromatic nitrogens is 1. The largest absolute Gasteiger partial charge is 0.235 e. The smallest absolute Gasteiger partial charge is 0.107 e. The first-order valence-electron chi connectivity index (χ1n) is 2.33. The van der Waals surface area contributed by atoms with E-state index in [0.717, 1.165) is 10.0 Å². The number of hydrogen-bond acceptors (Lipinski definition) is 3. The third-order valence-corrected chi connectivity index (χ3v) is 2.35. The number of aryl methyl sites for hydroxylation is 2. The van der Waals surface area contributed by atoms with Crippen LogP contribution in [0.15, 0.2) is 5.03 Å². The Morgan fingerprint density at radius 3 is 2.25 bits per heavy atom. The Bertz CT molecular complexity index is 173.